The Labute approximate surface area is 136 Å². The van der Waals surface area contributed by atoms with Gasteiger partial charge in [-0.3, -0.25) is 5.32 Å². The predicted octanol–water partition coefficient (Wildman–Crippen LogP) is 4.96. The zero-order chi connectivity index (χ0) is 19.8. The molecule has 25 heavy (non-hydrogen) atoms. The standard InChI is InChI=1S/C13H16F9NO2/c1-6-3-4-8(5-7(6)2)25-9(24)23-10(11(14,15)16,12(17,18)19)13(20,21)22/h6-8H,3-5H2,1-2H3,(H,23,24)/t6-,7+,8+/m1/s1. The SMILES string of the molecule is C[C@@H]1CC[C@H](OC(=O)NC(C(F)(F)F)(C(F)(F)F)C(F)(F)F)C[C@@H]1C. The lowest BCUT2D eigenvalue weighted by Crippen LogP contribution is -2.75. The van der Waals surface area contributed by atoms with Crippen LogP contribution < -0.4 is 5.32 Å². The molecule has 0 aliphatic heterocycles. The number of rotatable bonds is 2. The van der Waals surface area contributed by atoms with E-state index in [2.05, 4.69) is 4.74 Å². The van der Waals surface area contributed by atoms with Crippen molar-refractivity contribution in [3.8, 4) is 0 Å². The van der Waals surface area contributed by atoms with Gasteiger partial charge < -0.3 is 4.74 Å². The summed E-state index contributed by atoms with van der Waals surface area (Å²) in [4.78, 5) is 11.4. The largest absolute Gasteiger partial charge is 0.446 e. The van der Waals surface area contributed by atoms with Crippen molar-refractivity contribution in [1.29, 1.82) is 0 Å². The van der Waals surface area contributed by atoms with Gasteiger partial charge in [0.05, 0.1) is 0 Å². The second kappa shape index (κ2) is 6.75. The molecule has 1 saturated carbocycles. The summed E-state index contributed by atoms with van der Waals surface area (Å²) in [5.74, 6) is 0.131. The van der Waals surface area contributed by atoms with Gasteiger partial charge in [-0.2, -0.15) is 39.5 Å². The summed E-state index contributed by atoms with van der Waals surface area (Å²) in [6, 6.07) is 0. The number of alkyl halides is 9. The minimum Gasteiger partial charge on any atom is -0.446 e. The fourth-order valence-corrected chi connectivity index (χ4v) is 2.63. The van der Waals surface area contributed by atoms with Gasteiger partial charge in [0.25, 0.3) is 0 Å². The van der Waals surface area contributed by atoms with E-state index in [4.69, 9.17) is 0 Å². The van der Waals surface area contributed by atoms with Crippen molar-refractivity contribution in [1.82, 2.24) is 5.32 Å². The maximum atomic E-state index is 12.7. The van der Waals surface area contributed by atoms with E-state index in [1.54, 1.807) is 6.92 Å². The first kappa shape index (κ1) is 21.7. The third kappa shape index (κ3) is 4.25. The first-order chi connectivity index (χ1) is 11.0. The third-order valence-corrected chi connectivity index (χ3v) is 4.39. The molecule has 0 aromatic carbocycles. The molecule has 0 unspecified atom stereocenters. The van der Waals surface area contributed by atoms with Gasteiger partial charge in [0.15, 0.2) is 0 Å². The molecule has 0 spiro atoms. The van der Waals surface area contributed by atoms with Crippen molar-refractivity contribution < 1.29 is 49.0 Å². The van der Waals surface area contributed by atoms with Crippen LogP contribution >= 0.6 is 0 Å². The molecule has 3 nitrogen and oxygen atoms in total. The first-order valence-corrected chi connectivity index (χ1v) is 7.22. The van der Waals surface area contributed by atoms with Crippen LogP contribution in [0.1, 0.15) is 33.1 Å². The summed E-state index contributed by atoms with van der Waals surface area (Å²) < 4.78 is 119. The second-order valence-electron chi connectivity index (χ2n) is 6.16. The molecule has 0 saturated heterocycles. The lowest BCUT2D eigenvalue weighted by atomic mass is 9.80. The Morgan fingerprint density at radius 1 is 0.840 bits per heavy atom. The van der Waals surface area contributed by atoms with Crippen LogP contribution in [0.25, 0.3) is 0 Å². The lowest BCUT2D eigenvalue weighted by Gasteiger charge is -2.39. The van der Waals surface area contributed by atoms with E-state index in [-0.39, 0.29) is 30.0 Å². The van der Waals surface area contributed by atoms with Crippen molar-refractivity contribution >= 4 is 6.09 Å². The van der Waals surface area contributed by atoms with Gasteiger partial charge >= 0.3 is 30.2 Å². The number of amides is 1. The van der Waals surface area contributed by atoms with Crippen LogP contribution in [0, 0.1) is 11.8 Å². The van der Waals surface area contributed by atoms with Crippen LogP contribution in [-0.2, 0) is 4.74 Å². The fraction of sp³-hybridized carbons (Fsp3) is 0.923. The van der Waals surface area contributed by atoms with Crippen molar-refractivity contribution in [3.63, 3.8) is 0 Å². The number of hydrogen-bond donors (Lipinski definition) is 1. The van der Waals surface area contributed by atoms with Crippen molar-refractivity contribution in [2.24, 2.45) is 11.8 Å². The quantitative estimate of drug-likeness (QED) is 0.678. The number of nitrogens with one attached hydrogen (secondary N) is 1. The van der Waals surface area contributed by atoms with Crippen LogP contribution in [-0.4, -0.2) is 36.3 Å². The van der Waals surface area contributed by atoms with Gasteiger partial charge in [0.2, 0.25) is 0 Å². The van der Waals surface area contributed by atoms with Gasteiger partial charge in [-0.05, 0) is 31.1 Å². The third-order valence-electron chi connectivity index (χ3n) is 4.39. The minimum absolute atomic E-state index is 0.0124. The molecule has 1 rings (SSSR count). The number of alkyl carbamates (subject to hydrolysis) is 1. The van der Waals surface area contributed by atoms with Crippen LogP contribution in [0.5, 0.6) is 0 Å². The topological polar surface area (TPSA) is 38.3 Å². The maximum Gasteiger partial charge on any atom is 0.429 e. The zero-order valence-corrected chi connectivity index (χ0v) is 13.1. The average Bonchev–Trinajstić information content (AvgIpc) is 2.36. The molecular formula is C13H16F9NO2. The molecular weight excluding hydrogens is 373 g/mol. The molecule has 0 bridgehead atoms. The number of halogens is 9. The molecule has 3 atom stereocenters. The summed E-state index contributed by atoms with van der Waals surface area (Å²) in [5, 5.41) is -0.0124. The monoisotopic (exact) mass is 389 g/mol. The highest BCUT2D eigenvalue weighted by Crippen LogP contribution is 2.52. The highest BCUT2D eigenvalue weighted by Gasteiger charge is 2.85. The summed E-state index contributed by atoms with van der Waals surface area (Å²) in [5.41, 5.74) is -6.41. The molecule has 0 heterocycles. The van der Waals surface area contributed by atoms with E-state index < -0.39 is 36.3 Å². The first-order valence-electron chi connectivity index (χ1n) is 7.22. The molecule has 12 heteroatoms. The fourth-order valence-electron chi connectivity index (χ4n) is 2.63. The Bertz CT molecular complexity index is 447. The van der Waals surface area contributed by atoms with E-state index in [0.717, 1.165) is 0 Å². The van der Waals surface area contributed by atoms with Gasteiger partial charge in [-0.25, -0.2) is 4.79 Å². The van der Waals surface area contributed by atoms with E-state index in [9.17, 15) is 44.3 Å². The number of carbonyl (C=O) groups is 1. The van der Waals surface area contributed by atoms with E-state index in [0.29, 0.717) is 6.42 Å². The summed E-state index contributed by atoms with van der Waals surface area (Å²) in [6.07, 6.45) is -23.3. The number of hydrogen-bond acceptors (Lipinski definition) is 2. The molecule has 1 N–H and O–H groups in total. The Morgan fingerprint density at radius 3 is 1.64 bits per heavy atom. The van der Waals surface area contributed by atoms with Gasteiger partial charge in [0, 0.05) is 0 Å². The lowest BCUT2D eigenvalue weighted by molar-refractivity contribution is -0.387. The van der Waals surface area contributed by atoms with Crippen LogP contribution in [0.3, 0.4) is 0 Å². The molecule has 0 radical (unpaired) electrons. The number of carbonyl (C=O) groups excluding carboxylic acids is 1. The highest BCUT2D eigenvalue weighted by molar-refractivity contribution is 5.69. The maximum absolute atomic E-state index is 12.7. The minimum atomic E-state index is -6.86. The molecule has 1 aliphatic rings. The Kier molecular flexibility index (Phi) is 5.85. The van der Waals surface area contributed by atoms with Crippen molar-refractivity contribution in [3.05, 3.63) is 0 Å². The van der Waals surface area contributed by atoms with E-state index in [1.807, 2.05) is 6.92 Å². The molecule has 0 aromatic heterocycles. The second-order valence-corrected chi connectivity index (χ2v) is 6.16. The molecule has 1 fully saturated rings. The summed E-state index contributed by atoms with van der Waals surface area (Å²) in [6.45, 7) is 3.58. The van der Waals surface area contributed by atoms with E-state index >= 15 is 0 Å². The Morgan fingerprint density at radius 2 is 1.28 bits per heavy atom. The number of ether oxygens (including phenoxy) is 1. The van der Waals surface area contributed by atoms with Gasteiger partial charge in [-0.1, -0.05) is 13.8 Å². The summed E-state index contributed by atoms with van der Waals surface area (Å²) >= 11 is 0. The van der Waals surface area contributed by atoms with Crippen LogP contribution in [0.4, 0.5) is 44.3 Å². The molecule has 0 aromatic rings. The highest BCUT2D eigenvalue weighted by atomic mass is 19.4. The van der Waals surface area contributed by atoms with Gasteiger partial charge in [-0.15, -0.1) is 0 Å². The Hall–Kier alpha value is -1.36. The van der Waals surface area contributed by atoms with Crippen LogP contribution in [0.2, 0.25) is 0 Å². The normalized spacial score (nSPS) is 26.3. The molecule has 1 aliphatic carbocycles. The zero-order valence-electron chi connectivity index (χ0n) is 13.1. The van der Waals surface area contributed by atoms with Crippen molar-refractivity contribution in [2.45, 2.75) is 63.3 Å². The van der Waals surface area contributed by atoms with E-state index in [1.165, 1.54) is 0 Å². The smallest absolute Gasteiger partial charge is 0.429 e. The molecule has 1 amide bonds. The average molecular weight is 389 g/mol. The Balaban J connectivity index is 3.05. The van der Waals surface area contributed by atoms with Crippen LogP contribution in [0.15, 0.2) is 0 Å². The molecule has 148 valence electrons. The van der Waals surface area contributed by atoms with Gasteiger partial charge in [0.1, 0.15) is 6.10 Å². The predicted molar refractivity (Wildman–Crippen MR) is 66.5 cm³/mol. The summed E-state index contributed by atoms with van der Waals surface area (Å²) in [7, 11) is 0. The van der Waals surface area contributed by atoms with Crippen molar-refractivity contribution in [2.75, 3.05) is 0 Å².